The van der Waals surface area contributed by atoms with Crippen molar-refractivity contribution in [2.24, 2.45) is 11.5 Å². The number of aryl methyl sites for hydroxylation is 1. The van der Waals surface area contributed by atoms with Crippen LogP contribution >= 0.6 is 0 Å². The normalized spacial score (nSPS) is 25.3. The Morgan fingerprint density at radius 1 is 1.17 bits per heavy atom. The Morgan fingerprint density at radius 3 is 2.34 bits per heavy atom. The number of halogens is 3. The fraction of sp³-hybridized carbons (Fsp3) is 0.409. The fourth-order valence-electron chi connectivity index (χ4n) is 4.10. The molecule has 156 valence electrons. The van der Waals surface area contributed by atoms with Crippen LogP contribution < -0.4 is 11.5 Å². The molecule has 0 saturated heterocycles. The molecule has 29 heavy (non-hydrogen) atoms. The van der Waals surface area contributed by atoms with Gasteiger partial charge in [0.05, 0.1) is 23.8 Å². The number of ether oxygens (including phenoxy) is 1. The van der Waals surface area contributed by atoms with Gasteiger partial charge in [-0.2, -0.15) is 13.2 Å². The largest absolute Gasteiger partial charge is 0.416 e. The molecule has 0 unspecified atom stereocenters. The number of hydrogen-bond acceptors (Lipinski definition) is 3. The highest BCUT2D eigenvalue weighted by atomic mass is 19.4. The van der Waals surface area contributed by atoms with E-state index in [9.17, 15) is 18.0 Å². The summed E-state index contributed by atoms with van der Waals surface area (Å²) in [5, 5.41) is 0. The van der Waals surface area contributed by atoms with Gasteiger partial charge in [0.1, 0.15) is 0 Å². The van der Waals surface area contributed by atoms with E-state index in [1.54, 1.807) is 19.9 Å². The minimum atomic E-state index is -4.42. The predicted molar refractivity (Wildman–Crippen MR) is 104 cm³/mol. The van der Waals surface area contributed by atoms with Crippen molar-refractivity contribution in [1.29, 1.82) is 0 Å². The van der Waals surface area contributed by atoms with Crippen LogP contribution in [0.25, 0.3) is 0 Å². The van der Waals surface area contributed by atoms with Crippen molar-refractivity contribution in [2.75, 3.05) is 6.61 Å². The number of amides is 1. The Hall–Kier alpha value is -2.38. The number of nitrogens with two attached hydrogens (primary N) is 2. The average Bonchev–Trinajstić information content (AvgIpc) is 2.63. The molecule has 7 heteroatoms. The lowest BCUT2D eigenvalue weighted by molar-refractivity contribution is -0.137. The molecule has 1 saturated carbocycles. The highest BCUT2D eigenvalue weighted by Gasteiger charge is 2.57. The first-order valence-corrected chi connectivity index (χ1v) is 9.40. The van der Waals surface area contributed by atoms with E-state index in [4.69, 9.17) is 16.2 Å². The topological polar surface area (TPSA) is 78.3 Å². The maximum Gasteiger partial charge on any atom is 0.416 e. The van der Waals surface area contributed by atoms with Gasteiger partial charge in [0.2, 0.25) is 5.91 Å². The lowest BCUT2D eigenvalue weighted by Gasteiger charge is -2.53. The van der Waals surface area contributed by atoms with Crippen molar-refractivity contribution < 1.29 is 22.7 Å². The number of carbonyl (C=O) groups is 1. The van der Waals surface area contributed by atoms with Crippen molar-refractivity contribution in [3.63, 3.8) is 0 Å². The highest BCUT2D eigenvalue weighted by molar-refractivity contribution is 5.86. The summed E-state index contributed by atoms with van der Waals surface area (Å²) in [4.78, 5) is 11.7. The Kier molecular flexibility index (Phi) is 5.49. The first-order chi connectivity index (χ1) is 13.5. The Balaban J connectivity index is 1.81. The van der Waals surface area contributed by atoms with Gasteiger partial charge < -0.3 is 16.2 Å². The van der Waals surface area contributed by atoms with Gasteiger partial charge >= 0.3 is 6.18 Å². The van der Waals surface area contributed by atoms with Crippen LogP contribution in [0.15, 0.2) is 48.5 Å². The second-order valence-corrected chi connectivity index (χ2v) is 8.10. The number of carbonyl (C=O) groups excluding carboxylic acids is 1. The van der Waals surface area contributed by atoms with Gasteiger partial charge in [-0.1, -0.05) is 42.0 Å². The molecule has 0 spiro atoms. The molecule has 0 radical (unpaired) electrons. The summed E-state index contributed by atoms with van der Waals surface area (Å²) in [5.41, 5.74) is 11.2. The van der Waals surface area contributed by atoms with Crippen LogP contribution in [0.3, 0.4) is 0 Å². The van der Waals surface area contributed by atoms with Crippen molar-refractivity contribution in [1.82, 2.24) is 0 Å². The van der Waals surface area contributed by atoms with Crippen LogP contribution in [0.4, 0.5) is 13.2 Å². The van der Waals surface area contributed by atoms with Gasteiger partial charge in [0.25, 0.3) is 0 Å². The second kappa shape index (κ2) is 7.46. The van der Waals surface area contributed by atoms with Crippen LogP contribution in [-0.2, 0) is 21.1 Å². The first kappa shape index (κ1) is 21.3. The molecule has 1 atom stereocenters. The standard InChI is InChI=1S/C22H25F3N2O2/c1-14-8-16(10-18(9-14)22(23,24)25)15(2)29-13-20(17-6-4-3-5-7-17)11-21(27,12-20)19(26)28/h3-10,15H,11-13,27H2,1-2H3,(H2,26,28)/t15-,20?,21?/m1/s1. The molecule has 0 heterocycles. The fourth-order valence-corrected chi connectivity index (χ4v) is 4.10. The monoisotopic (exact) mass is 406 g/mol. The van der Waals surface area contributed by atoms with E-state index in [0.29, 0.717) is 24.0 Å². The van der Waals surface area contributed by atoms with Gasteiger partial charge in [0.15, 0.2) is 0 Å². The zero-order valence-corrected chi connectivity index (χ0v) is 16.4. The van der Waals surface area contributed by atoms with Crippen LogP contribution in [0, 0.1) is 6.92 Å². The predicted octanol–water partition coefficient (Wildman–Crippen LogP) is 4.01. The smallest absolute Gasteiger partial charge is 0.373 e. The summed E-state index contributed by atoms with van der Waals surface area (Å²) in [7, 11) is 0. The van der Waals surface area contributed by atoms with Gasteiger partial charge in [-0.25, -0.2) is 0 Å². The lowest BCUT2D eigenvalue weighted by atomic mass is 9.55. The van der Waals surface area contributed by atoms with E-state index in [0.717, 1.165) is 17.7 Å². The third-order valence-electron chi connectivity index (χ3n) is 5.69. The summed E-state index contributed by atoms with van der Waals surface area (Å²) in [6.07, 6.45) is -4.32. The Morgan fingerprint density at radius 2 is 1.79 bits per heavy atom. The third-order valence-corrected chi connectivity index (χ3v) is 5.69. The van der Waals surface area contributed by atoms with Crippen molar-refractivity contribution in [3.05, 3.63) is 70.8 Å². The number of primary amides is 1. The Bertz CT molecular complexity index is 891. The minimum absolute atomic E-state index is 0.222. The molecule has 0 aliphatic heterocycles. The molecule has 4 N–H and O–H groups in total. The van der Waals surface area contributed by atoms with Gasteiger partial charge in [-0.15, -0.1) is 0 Å². The molecular formula is C22H25F3N2O2. The maximum absolute atomic E-state index is 13.1. The van der Waals surface area contributed by atoms with Crippen molar-refractivity contribution >= 4 is 5.91 Å². The summed E-state index contributed by atoms with van der Waals surface area (Å²) in [6.45, 7) is 3.56. The van der Waals surface area contributed by atoms with Gasteiger partial charge in [0, 0.05) is 5.41 Å². The van der Waals surface area contributed by atoms with E-state index in [-0.39, 0.29) is 6.61 Å². The summed E-state index contributed by atoms with van der Waals surface area (Å²) in [6, 6.07) is 13.4. The zero-order valence-electron chi connectivity index (χ0n) is 16.4. The van der Waals surface area contributed by atoms with Crippen LogP contribution in [0.5, 0.6) is 0 Å². The molecule has 1 aliphatic rings. The van der Waals surface area contributed by atoms with Gasteiger partial charge in [-0.05, 0) is 49.9 Å². The SMILES string of the molecule is Cc1cc([C@@H](C)OCC2(c3ccccc3)CC(N)(C(N)=O)C2)cc(C(F)(F)F)c1. The summed E-state index contributed by atoms with van der Waals surface area (Å²) in [5.74, 6) is -0.564. The van der Waals surface area contributed by atoms with E-state index in [1.165, 1.54) is 0 Å². The van der Waals surface area contributed by atoms with E-state index in [1.807, 2.05) is 30.3 Å². The quantitative estimate of drug-likeness (QED) is 0.761. The maximum atomic E-state index is 13.1. The van der Waals surface area contributed by atoms with Crippen molar-refractivity contribution in [3.8, 4) is 0 Å². The molecule has 0 bridgehead atoms. The minimum Gasteiger partial charge on any atom is -0.373 e. The highest BCUT2D eigenvalue weighted by Crippen LogP contribution is 2.49. The lowest BCUT2D eigenvalue weighted by Crippen LogP contribution is -2.68. The molecule has 4 nitrogen and oxygen atoms in total. The Labute approximate surface area is 168 Å². The molecular weight excluding hydrogens is 381 g/mol. The number of alkyl halides is 3. The molecule has 2 aromatic carbocycles. The molecule has 3 rings (SSSR count). The van der Waals surface area contributed by atoms with E-state index < -0.39 is 34.7 Å². The van der Waals surface area contributed by atoms with Crippen LogP contribution in [-0.4, -0.2) is 18.1 Å². The summed E-state index contributed by atoms with van der Waals surface area (Å²) >= 11 is 0. The number of benzene rings is 2. The average molecular weight is 406 g/mol. The molecule has 1 fully saturated rings. The first-order valence-electron chi connectivity index (χ1n) is 9.40. The van der Waals surface area contributed by atoms with Crippen molar-refractivity contribution in [2.45, 2.75) is 49.9 Å². The van der Waals surface area contributed by atoms with Crippen LogP contribution in [0.2, 0.25) is 0 Å². The van der Waals surface area contributed by atoms with E-state index >= 15 is 0 Å². The number of hydrogen-bond donors (Lipinski definition) is 2. The van der Waals surface area contributed by atoms with Crippen LogP contribution in [0.1, 0.15) is 48.1 Å². The molecule has 1 amide bonds. The van der Waals surface area contributed by atoms with E-state index in [2.05, 4.69) is 0 Å². The molecule has 1 aliphatic carbocycles. The zero-order chi connectivity index (χ0) is 21.4. The summed E-state index contributed by atoms with van der Waals surface area (Å²) < 4.78 is 45.4. The second-order valence-electron chi connectivity index (χ2n) is 8.10. The molecule has 0 aromatic heterocycles. The third kappa shape index (κ3) is 4.31. The molecule has 2 aromatic rings. The number of rotatable bonds is 6. The van der Waals surface area contributed by atoms with Gasteiger partial charge in [-0.3, -0.25) is 4.79 Å².